The molecule has 0 amide bonds. The highest BCUT2D eigenvalue weighted by molar-refractivity contribution is 7.09. The number of halogens is 4. The Morgan fingerprint density at radius 3 is 2.65 bits per heavy atom. The van der Waals surface area contributed by atoms with Gasteiger partial charge in [0.1, 0.15) is 10.8 Å². The maximum absolute atomic E-state index is 12.9. The van der Waals surface area contributed by atoms with E-state index in [1.807, 2.05) is 0 Å². The van der Waals surface area contributed by atoms with Gasteiger partial charge in [0, 0.05) is 10.9 Å². The summed E-state index contributed by atoms with van der Waals surface area (Å²) in [5.41, 5.74) is 0.850. The Bertz CT molecular complexity index is 518. The maximum atomic E-state index is 12.9. The van der Waals surface area contributed by atoms with Crippen LogP contribution in [0.2, 0.25) is 0 Å². The van der Waals surface area contributed by atoms with Crippen molar-refractivity contribution in [3.8, 4) is 11.3 Å². The first kappa shape index (κ1) is 12.0. The Morgan fingerprint density at radius 1 is 1.24 bits per heavy atom. The summed E-state index contributed by atoms with van der Waals surface area (Å²) in [5.74, 6) is -0.437. The highest BCUT2D eigenvalue weighted by atomic mass is 32.1. The molecule has 0 aliphatic rings. The molecule has 1 heterocycles. The van der Waals surface area contributed by atoms with Crippen LogP contribution in [0.5, 0.6) is 0 Å². The van der Waals surface area contributed by atoms with E-state index < -0.39 is 18.4 Å². The number of alkyl halides is 3. The van der Waals surface area contributed by atoms with Crippen molar-refractivity contribution in [3.05, 3.63) is 40.5 Å². The van der Waals surface area contributed by atoms with Gasteiger partial charge in [0.05, 0.1) is 12.1 Å². The SMILES string of the molecule is Fc1cccc(-c2csc(CC(F)(F)F)n2)c1. The van der Waals surface area contributed by atoms with Gasteiger partial charge in [-0.05, 0) is 12.1 Å². The lowest BCUT2D eigenvalue weighted by Gasteiger charge is -2.01. The van der Waals surface area contributed by atoms with Crippen LogP contribution in [0.4, 0.5) is 17.6 Å². The lowest BCUT2D eigenvalue weighted by molar-refractivity contribution is -0.127. The molecule has 0 radical (unpaired) electrons. The Kier molecular flexibility index (Phi) is 3.15. The zero-order valence-electron chi connectivity index (χ0n) is 8.46. The van der Waals surface area contributed by atoms with Gasteiger partial charge in [-0.25, -0.2) is 9.37 Å². The summed E-state index contributed by atoms with van der Waals surface area (Å²) in [6, 6.07) is 5.61. The minimum atomic E-state index is -4.27. The molecule has 0 bridgehead atoms. The minimum absolute atomic E-state index is 0.0169. The molecule has 0 fully saturated rings. The molecule has 1 nitrogen and oxygen atoms in total. The molecule has 2 rings (SSSR count). The number of thiazole rings is 1. The fourth-order valence-corrected chi connectivity index (χ4v) is 2.18. The van der Waals surface area contributed by atoms with E-state index in [0.29, 0.717) is 11.3 Å². The van der Waals surface area contributed by atoms with Gasteiger partial charge >= 0.3 is 6.18 Å². The maximum Gasteiger partial charge on any atom is 0.395 e. The molecule has 0 aliphatic heterocycles. The average Bonchev–Trinajstić information content (AvgIpc) is 2.63. The van der Waals surface area contributed by atoms with Crippen LogP contribution in [0, 0.1) is 5.82 Å². The fourth-order valence-electron chi connectivity index (χ4n) is 1.34. The molecule has 2 aromatic rings. The lowest BCUT2D eigenvalue weighted by atomic mass is 10.2. The number of hydrogen-bond donors (Lipinski definition) is 0. The molecule has 0 spiro atoms. The van der Waals surface area contributed by atoms with Gasteiger partial charge in [0.2, 0.25) is 0 Å². The van der Waals surface area contributed by atoms with E-state index >= 15 is 0 Å². The van der Waals surface area contributed by atoms with E-state index in [0.717, 1.165) is 11.3 Å². The van der Waals surface area contributed by atoms with Crippen LogP contribution >= 0.6 is 11.3 Å². The van der Waals surface area contributed by atoms with Crippen LogP contribution < -0.4 is 0 Å². The largest absolute Gasteiger partial charge is 0.395 e. The van der Waals surface area contributed by atoms with Crippen LogP contribution in [0.1, 0.15) is 5.01 Å². The van der Waals surface area contributed by atoms with Gasteiger partial charge in [0.25, 0.3) is 0 Å². The van der Waals surface area contributed by atoms with E-state index in [1.165, 1.54) is 23.6 Å². The van der Waals surface area contributed by atoms with Gasteiger partial charge < -0.3 is 0 Å². The van der Waals surface area contributed by atoms with E-state index in [1.54, 1.807) is 6.07 Å². The van der Waals surface area contributed by atoms with Crippen molar-refractivity contribution in [2.45, 2.75) is 12.6 Å². The monoisotopic (exact) mass is 261 g/mol. The zero-order chi connectivity index (χ0) is 12.5. The highest BCUT2D eigenvalue weighted by Crippen LogP contribution is 2.27. The molecular formula is C11H7F4NS. The molecule has 17 heavy (non-hydrogen) atoms. The number of benzene rings is 1. The van der Waals surface area contributed by atoms with Crippen LogP contribution in [0.25, 0.3) is 11.3 Å². The Hall–Kier alpha value is -1.43. The molecule has 0 saturated heterocycles. The second kappa shape index (κ2) is 4.44. The molecule has 90 valence electrons. The second-order valence-electron chi connectivity index (χ2n) is 3.43. The van der Waals surface area contributed by atoms with E-state index in [4.69, 9.17) is 0 Å². The van der Waals surface area contributed by atoms with Crippen LogP contribution in [-0.2, 0) is 6.42 Å². The topological polar surface area (TPSA) is 12.9 Å². The van der Waals surface area contributed by atoms with Crippen LogP contribution in [0.3, 0.4) is 0 Å². The van der Waals surface area contributed by atoms with Gasteiger partial charge in [-0.1, -0.05) is 12.1 Å². The quantitative estimate of drug-likeness (QED) is 0.743. The molecule has 1 aromatic carbocycles. The average molecular weight is 261 g/mol. The van der Waals surface area contributed by atoms with Gasteiger partial charge in [0.15, 0.2) is 0 Å². The summed E-state index contributed by atoms with van der Waals surface area (Å²) < 4.78 is 49.3. The third kappa shape index (κ3) is 3.26. The van der Waals surface area contributed by atoms with Crippen molar-refractivity contribution < 1.29 is 17.6 Å². The van der Waals surface area contributed by atoms with Gasteiger partial charge in [-0.15, -0.1) is 11.3 Å². The number of nitrogens with zero attached hydrogens (tertiary/aromatic N) is 1. The summed E-state index contributed by atoms with van der Waals surface area (Å²) in [4.78, 5) is 3.84. The zero-order valence-corrected chi connectivity index (χ0v) is 9.28. The van der Waals surface area contributed by atoms with E-state index in [-0.39, 0.29) is 5.01 Å². The first-order valence-electron chi connectivity index (χ1n) is 4.71. The fraction of sp³-hybridized carbons (Fsp3) is 0.182. The number of aromatic nitrogens is 1. The third-order valence-electron chi connectivity index (χ3n) is 2.02. The van der Waals surface area contributed by atoms with Gasteiger partial charge in [-0.2, -0.15) is 13.2 Å². The molecule has 6 heteroatoms. The van der Waals surface area contributed by atoms with E-state index in [2.05, 4.69) is 4.98 Å². The minimum Gasteiger partial charge on any atom is -0.241 e. The van der Waals surface area contributed by atoms with Crippen LogP contribution in [0.15, 0.2) is 29.6 Å². The molecule has 1 aromatic heterocycles. The van der Waals surface area contributed by atoms with Crippen molar-refractivity contribution in [2.75, 3.05) is 0 Å². The normalized spacial score (nSPS) is 11.8. The van der Waals surface area contributed by atoms with Crippen molar-refractivity contribution >= 4 is 11.3 Å². The molecule has 0 saturated carbocycles. The number of hydrogen-bond acceptors (Lipinski definition) is 2. The highest BCUT2D eigenvalue weighted by Gasteiger charge is 2.29. The smallest absolute Gasteiger partial charge is 0.241 e. The lowest BCUT2D eigenvalue weighted by Crippen LogP contribution is -2.11. The molecular weight excluding hydrogens is 254 g/mol. The standard InChI is InChI=1S/C11H7F4NS/c12-8-3-1-2-7(4-8)9-6-17-10(16-9)5-11(13,14)15/h1-4,6H,5H2. The number of rotatable bonds is 2. The van der Waals surface area contributed by atoms with Crippen molar-refractivity contribution in [3.63, 3.8) is 0 Å². The first-order valence-corrected chi connectivity index (χ1v) is 5.59. The third-order valence-corrected chi connectivity index (χ3v) is 2.87. The summed E-state index contributed by atoms with van der Waals surface area (Å²) >= 11 is 0.924. The first-order chi connectivity index (χ1) is 7.94. The van der Waals surface area contributed by atoms with Crippen molar-refractivity contribution in [1.29, 1.82) is 0 Å². The van der Waals surface area contributed by atoms with Gasteiger partial charge in [-0.3, -0.25) is 0 Å². The Morgan fingerprint density at radius 2 is 2.00 bits per heavy atom. The Labute approximate surface area is 98.7 Å². The predicted octanol–water partition coefficient (Wildman–Crippen LogP) is 4.05. The summed E-state index contributed by atoms with van der Waals surface area (Å²) in [6.45, 7) is 0. The summed E-state index contributed by atoms with van der Waals surface area (Å²) in [5, 5.41) is 1.48. The van der Waals surface area contributed by atoms with Crippen molar-refractivity contribution in [2.24, 2.45) is 0 Å². The summed E-state index contributed by atoms with van der Waals surface area (Å²) in [6.07, 6.45) is -5.32. The molecule has 0 atom stereocenters. The second-order valence-corrected chi connectivity index (χ2v) is 4.37. The van der Waals surface area contributed by atoms with Crippen molar-refractivity contribution in [1.82, 2.24) is 4.98 Å². The predicted molar refractivity (Wildman–Crippen MR) is 57.3 cm³/mol. The molecule has 0 N–H and O–H groups in total. The molecule has 0 unspecified atom stereocenters. The van der Waals surface area contributed by atoms with Crippen LogP contribution in [-0.4, -0.2) is 11.2 Å². The van der Waals surface area contributed by atoms with E-state index in [9.17, 15) is 17.6 Å². The molecule has 0 aliphatic carbocycles. The summed E-state index contributed by atoms with van der Waals surface area (Å²) in [7, 11) is 0. The Balaban J connectivity index is 2.24.